The lowest BCUT2D eigenvalue weighted by Gasteiger charge is -2.27. The Morgan fingerprint density at radius 3 is 2.42 bits per heavy atom. The van der Waals surface area contributed by atoms with E-state index in [-0.39, 0.29) is 11.5 Å². The van der Waals surface area contributed by atoms with E-state index in [1.165, 1.54) is 42.6 Å². The third-order valence-corrected chi connectivity index (χ3v) is 6.06. The van der Waals surface area contributed by atoms with Gasteiger partial charge in [0.15, 0.2) is 0 Å². The Morgan fingerprint density at radius 2 is 1.79 bits per heavy atom. The van der Waals surface area contributed by atoms with E-state index in [2.05, 4.69) is 41.6 Å². The van der Waals surface area contributed by atoms with Crippen LogP contribution in [-0.4, -0.2) is 11.2 Å². The monoisotopic (exact) mass is 341 g/mol. The number of rotatable bonds is 5. The second kappa shape index (κ2) is 8.06. The van der Waals surface area contributed by atoms with Crippen LogP contribution in [0.1, 0.15) is 61.3 Å². The van der Waals surface area contributed by atoms with E-state index in [0.717, 1.165) is 23.6 Å². The predicted octanol–water partition coefficient (Wildman–Crippen LogP) is 5.51. The maximum Gasteiger partial charge on any atom is 0.251 e. The minimum Gasteiger partial charge on any atom is -0.325 e. The van der Waals surface area contributed by atoms with E-state index in [4.69, 9.17) is 0 Å². The summed E-state index contributed by atoms with van der Waals surface area (Å²) >= 11 is 1.77. The van der Waals surface area contributed by atoms with Gasteiger partial charge in [-0.3, -0.25) is 4.79 Å². The van der Waals surface area contributed by atoms with Crippen LogP contribution in [0.4, 0.5) is 0 Å². The molecule has 1 aromatic carbocycles. The van der Waals surface area contributed by atoms with E-state index < -0.39 is 0 Å². The average molecular weight is 342 g/mol. The highest BCUT2D eigenvalue weighted by Gasteiger charge is 2.22. The van der Waals surface area contributed by atoms with Crippen LogP contribution >= 0.6 is 11.8 Å². The summed E-state index contributed by atoms with van der Waals surface area (Å²) in [7, 11) is 0. The molecule has 0 saturated heterocycles. The molecule has 1 saturated carbocycles. The molecule has 1 unspecified atom stereocenters. The minimum atomic E-state index is 0.0434. The van der Waals surface area contributed by atoms with E-state index >= 15 is 0 Å². The van der Waals surface area contributed by atoms with Crippen molar-refractivity contribution in [3.63, 3.8) is 0 Å². The Bertz CT molecular complexity index is 713. The Balaban J connectivity index is 1.91. The summed E-state index contributed by atoms with van der Waals surface area (Å²) in [6.07, 6.45) is 9.99. The molecule has 0 bridgehead atoms. The maximum absolute atomic E-state index is 12.1. The highest BCUT2D eigenvalue weighted by atomic mass is 32.2. The minimum absolute atomic E-state index is 0.0434. The number of hydrogen-bond donors (Lipinski definition) is 1. The molecule has 0 radical (unpaired) electrons. The summed E-state index contributed by atoms with van der Waals surface area (Å²) in [6.45, 7) is 1.87. The second-order valence-corrected chi connectivity index (χ2v) is 7.87. The Hall–Kier alpha value is -1.48. The fourth-order valence-electron chi connectivity index (χ4n) is 3.80. The fraction of sp³-hybridized carbons (Fsp3) is 0.476. The molecule has 3 heteroatoms. The molecule has 1 N–H and O–H groups in total. The van der Waals surface area contributed by atoms with Crippen LogP contribution in [0.15, 0.2) is 46.1 Å². The van der Waals surface area contributed by atoms with Crippen LogP contribution in [-0.2, 0) is 0 Å². The summed E-state index contributed by atoms with van der Waals surface area (Å²) in [4.78, 5) is 16.5. The van der Waals surface area contributed by atoms with Crippen LogP contribution in [0, 0.1) is 12.8 Å². The SMILES string of the molecule is CSc1ccc(C(CC2CCCCC2)c2ccc(C)c(=O)[nH]2)cc1. The number of H-pyrrole nitrogens is 1. The van der Waals surface area contributed by atoms with Crippen LogP contribution in [0.2, 0.25) is 0 Å². The van der Waals surface area contributed by atoms with Gasteiger partial charge in [0.1, 0.15) is 0 Å². The van der Waals surface area contributed by atoms with Gasteiger partial charge in [0.25, 0.3) is 5.56 Å². The third kappa shape index (κ3) is 4.13. The van der Waals surface area contributed by atoms with Gasteiger partial charge in [-0.1, -0.05) is 50.3 Å². The zero-order valence-electron chi connectivity index (χ0n) is 14.7. The molecule has 2 nitrogen and oxygen atoms in total. The van der Waals surface area contributed by atoms with Gasteiger partial charge in [-0.05, 0) is 49.3 Å². The topological polar surface area (TPSA) is 32.9 Å². The summed E-state index contributed by atoms with van der Waals surface area (Å²) in [5.74, 6) is 1.06. The first kappa shape index (κ1) is 17.3. The molecular weight excluding hydrogens is 314 g/mol. The predicted molar refractivity (Wildman–Crippen MR) is 103 cm³/mol. The first-order valence-corrected chi connectivity index (χ1v) is 10.2. The number of aryl methyl sites for hydroxylation is 1. The van der Waals surface area contributed by atoms with E-state index in [1.54, 1.807) is 11.8 Å². The highest BCUT2D eigenvalue weighted by Crippen LogP contribution is 2.36. The number of nitrogens with one attached hydrogen (secondary N) is 1. The Kier molecular flexibility index (Phi) is 5.83. The first-order chi connectivity index (χ1) is 11.7. The van der Waals surface area contributed by atoms with Crippen LogP contribution < -0.4 is 5.56 Å². The summed E-state index contributed by atoms with van der Waals surface area (Å²) in [5.41, 5.74) is 3.21. The molecule has 2 aromatic rings. The van der Waals surface area contributed by atoms with E-state index in [1.807, 2.05) is 13.0 Å². The van der Waals surface area contributed by atoms with Crippen molar-refractivity contribution >= 4 is 11.8 Å². The highest BCUT2D eigenvalue weighted by molar-refractivity contribution is 7.98. The lowest BCUT2D eigenvalue weighted by Crippen LogP contribution is -2.18. The van der Waals surface area contributed by atoms with Crippen molar-refractivity contribution in [3.8, 4) is 0 Å². The lowest BCUT2D eigenvalue weighted by atomic mass is 9.79. The number of aromatic amines is 1. The molecule has 1 aromatic heterocycles. The van der Waals surface area contributed by atoms with Crippen molar-refractivity contribution in [2.75, 3.05) is 6.26 Å². The zero-order valence-corrected chi connectivity index (χ0v) is 15.5. The van der Waals surface area contributed by atoms with Crippen molar-refractivity contribution < 1.29 is 0 Å². The molecule has 24 heavy (non-hydrogen) atoms. The lowest BCUT2D eigenvalue weighted by molar-refractivity contribution is 0.326. The molecule has 128 valence electrons. The smallest absolute Gasteiger partial charge is 0.251 e. The van der Waals surface area contributed by atoms with Crippen molar-refractivity contribution in [1.82, 2.24) is 4.98 Å². The number of hydrogen-bond acceptors (Lipinski definition) is 2. The fourth-order valence-corrected chi connectivity index (χ4v) is 4.21. The van der Waals surface area contributed by atoms with Gasteiger partial charge in [0.2, 0.25) is 0 Å². The van der Waals surface area contributed by atoms with Crippen molar-refractivity contribution in [1.29, 1.82) is 0 Å². The van der Waals surface area contributed by atoms with Crippen LogP contribution in [0.25, 0.3) is 0 Å². The molecule has 0 amide bonds. The van der Waals surface area contributed by atoms with Crippen molar-refractivity contribution in [3.05, 3.63) is 63.6 Å². The molecule has 1 atom stereocenters. The molecule has 1 aliphatic carbocycles. The number of benzene rings is 1. The zero-order chi connectivity index (χ0) is 16.9. The number of aromatic nitrogens is 1. The maximum atomic E-state index is 12.1. The van der Waals surface area contributed by atoms with Gasteiger partial charge in [-0.15, -0.1) is 11.8 Å². The van der Waals surface area contributed by atoms with Gasteiger partial charge in [-0.2, -0.15) is 0 Å². The quantitative estimate of drug-likeness (QED) is 0.728. The number of thioether (sulfide) groups is 1. The standard InChI is InChI=1S/C21H27NOS/c1-15-8-13-20(22-21(15)23)19(14-16-6-4-3-5-7-16)17-9-11-18(24-2)12-10-17/h8-13,16,19H,3-7,14H2,1-2H3,(H,22,23). The summed E-state index contributed by atoms with van der Waals surface area (Å²) in [5, 5.41) is 0. The normalized spacial score (nSPS) is 16.9. The average Bonchev–Trinajstić information content (AvgIpc) is 2.63. The van der Waals surface area contributed by atoms with Gasteiger partial charge in [0, 0.05) is 22.1 Å². The van der Waals surface area contributed by atoms with E-state index in [0.29, 0.717) is 0 Å². The second-order valence-electron chi connectivity index (χ2n) is 6.99. The molecule has 1 heterocycles. The third-order valence-electron chi connectivity index (χ3n) is 5.32. The number of pyridine rings is 1. The summed E-state index contributed by atoms with van der Waals surface area (Å²) in [6, 6.07) is 12.9. The Morgan fingerprint density at radius 1 is 1.08 bits per heavy atom. The molecule has 0 aliphatic heterocycles. The van der Waals surface area contributed by atoms with Crippen molar-refractivity contribution in [2.45, 2.75) is 56.3 Å². The first-order valence-electron chi connectivity index (χ1n) is 9.01. The largest absolute Gasteiger partial charge is 0.325 e. The van der Waals surface area contributed by atoms with Crippen LogP contribution in [0.5, 0.6) is 0 Å². The van der Waals surface area contributed by atoms with Gasteiger partial charge in [-0.25, -0.2) is 0 Å². The van der Waals surface area contributed by atoms with E-state index in [9.17, 15) is 4.79 Å². The molecule has 1 aliphatic rings. The van der Waals surface area contributed by atoms with Gasteiger partial charge in [0.05, 0.1) is 0 Å². The molecular formula is C21H27NOS. The van der Waals surface area contributed by atoms with Gasteiger partial charge < -0.3 is 4.98 Å². The molecule has 1 fully saturated rings. The summed E-state index contributed by atoms with van der Waals surface area (Å²) < 4.78 is 0. The van der Waals surface area contributed by atoms with Crippen LogP contribution in [0.3, 0.4) is 0 Å². The Labute approximate surface area is 149 Å². The molecule has 0 spiro atoms. The molecule has 3 rings (SSSR count). The van der Waals surface area contributed by atoms with Crippen molar-refractivity contribution in [2.24, 2.45) is 5.92 Å². The van der Waals surface area contributed by atoms with Gasteiger partial charge >= 0.3 is 0 Å².